The standard InChI is InChI=1S/C9H19NO3S/c1-8(2)14(11,12)6-5-13-9-3-4-10-7-9/h8-10H,3-7H2,1-2H3. The molecule has 0 aromatic heterocycles. The summed E-state index contributed by atoms with van der Waals surface area (Å²) in [4.78, 5) is 0. The summed E-state index contributed by atoms with van der Waals surface area (Å²) in [7, 11) is -2.94. The Morgan fingerprint density at radius 1 is 1.50 bits per heavy atom. The van der Waals surface area contributed by atoms with Gasteiger partial charge in [-0.05, 0) is 26.8 Å². The van der Waals surface area contributed by atoms with Gasteiger partial charge in [-0.1, -0.05) is 0 Å². The molecule has 1 fully saturated rings. The molecule has 1 heterocycles. The lowest BCUT2D eigenvalue weighted by Crippen LogP contribution is -2.24. The van der Waals surface area contributed by atoms with E-state index in [9.17, 15) is 8.42 Å². The van der Waals surface area contributed by atoms with Gasteiger partial charge in [0.15, 0.2) is 9.84 Å². The van der Waals surface area contributed by atoms with E-state index in [1.807, 2.05) is 0 Å². The number of rotatable bonds is 5. The average Bonchev–Trinajstić information content (AvgIpc) is 2.56. The molecule has 0 bridgehead atoms. The lowest BCUT2D eigenvalue weighted by atomic mass is 10.3. The molecular formula is C9H19NO3S. The fraction of sp³-hybridized carbons (Fsp3) is 1.00. The van der Waals surface area contributed by atoms with Crippen molar-refractivity contribution in [3.63, 3.8) is 0 Å². The lowest BCUT2D eigenvalue weighted by molar-refractivity contribution is 0.0787. The Hall–Kier alpha value is -0.130. The van der Waals surface area contributed by atoms with Crippen LogP contribution >= 0.6 is 0 Å². The highest BCUT2D eigenvalue weighted by atomic mass is 32.2. The van der Waals surface area contributed by atoms with E-state index in [4.69, 9.17) is 4.74 Å². The van der Waals surface area contributed by atoms with Crippen LogP contribution in [-0.2, 0) is 14.6 Å². The number of hydrogen-bond donors (Lipinski definition) is 1. The van der Waals surface area contributed by atoms with Crippen molar-refractivity contribution in [3.8, 4) is 0 Å². The molecule has 0 aromatic carbocycles. The van der Waals surface area contributed by atoms with Gasteiger partial charge in [0.1, 0.15) is 0 Å². The largest absolute Gasteiger partial charge is 0.376 e. The summed E-state index contributed by atoms with van der Waals surface area (Å²) >= 11 is 0. The number of hydrogen-bond acceptors (Lipinski definition) is 4. The van der Waals surface area contributed by atoms with Gasteiger partial charge in [0.25, 0.3) is 0 Å². The van der Waals surface area contributed by atoms with Crippen molar-refractivity contribution < 1.29 is 13.2 Å². The molecule has 1 atom stereocenters. The van der Waals surface area contributed by atoms with Crippen molar-refractivity contribution in [1.82, 2.24) is 5.32 Å². The van der Waals surface area contributed by atoms with Gasteiger partial charge < -0.3 is 10.1 Å². The van der Waals surface area contributed by atoms with E-state index in [1.54, 1.807) is 13.8 Å². The van der Waals surface area contributed by atoms with Gasteiger partial charge in [0.2, 0.25) is 0 Å². The third kappa shape index (κ3) is 3.55. The third-order valence-electron chi connectivity index (χ3n) is 2.45. The molecule has 0 aromatic rings. The van der Waals surface area contributed by atoms with Crippen molar-refractivity contribution in [1.29, 1.82) is 0 Å². The summed E-state index contributed by atoms with van der Waals surface area (Å²) in [6.07, 6.45) is 1.19. The molecule has 0 spiro atoms. The van der Waals surface area contributed by atoms with Gasteiger partial charge in [-0.3, -0.25) is 0 Å². The second kappa shape index (κ2) is 5.09. The van der Waals surface area contributed by atoms with Gasteiger partial charge in [-0.2, -0.15) is 0 Å². The van der Waals surface area contributed by atoms with Crippen molar-refractivity contribution in [2.24, 2.45) is 0 Å². The zero-order chi connectivity index (χ0) is 10.6. The molecule has 1 N–H and O–H groups in total. The van der Waals surface area contributed by atoms with E-state index in [2.05, 4.69) is 5.32 Å². The molecule has 14 heavy (non-hydrogen) atoms. The van der Waals surface area contributed by atoms with Crippen LogP contribution in [0.5, 0.6) is 0 Å². The molecule has 0 radical (unpaired) electrons. The predicted octanol–water partition coefficient (Wildman–Crippen LogP) is 0.188. The van der Waals surface area contributed by atoms with E-state index in [0.717, 1.165) is 19.5 Å². The van der Waals surface area contributed by atoms with Crippen LogP contribution in [0.3, 0.4) is 0 Å². The SMILES string of the molecule is CC(C)S(=O)(=O)CCOC1CCNC1. The fourth-order valence-corrected chi connectivity index (χ4v) is 2.14. The quantitative estimate of drug-likeness (QED) is 0.720. The highest BCUT2D eigenvalue weighted by molar-refractivity contribution is 7.91. The van der Waals surface area contributed by atoms with Crippen molar-refractivity contribution in [2.75, 3.05) is 25.4 Å². The Balaban J connectivity index is 2.20. The summed E-state index contributed by atoms with van der Waals surface area (Å²) < 4.78 is 28.3. The summed E-state index contributed by atoms with van der Waals surface area (Å²) in [6.45, 7) is 5.55. The predicted molar refractivity (Wildman–Crippen MR) is 56.1 cm³/mol. The summed E-state index contributed by atoms with van der Waals surface area (Å²) in [5.74, 6) is 0.140. The minimum Gasteiger partial charge on any atom is -0.376 e. The van der Waals surface area contributed by atoms with Crippen molar-refractivity contribution in [3.05, 3.63) is 0 Å². The fourth-order valence-electron chi connectivity index (χ4n) is 1.34. The number of ether oxygens (including phenoxy) is 1. The summed E-state index contributed by atoms with van der Waals surface area (Å²) in [5, 5.41) is 2.87. The van der Waals surface area contributed by atoms with Crippen LogP contribution in [0.4, 0.5) is 0 Å². The van der Waals surface area contributed by atoms with Gasteiger partial charge >= 0.3 is 0 Å². The van der Waals surface area contributed by atoms with Crippen LogP contribution in [0.2, 0.25) is 0 Å². The van der Waals surface area contributed by atoms with Gasteiger partial charge in [0, 0.05) is 6.54 Å². The van der Waals surface area contributed by atoms with Crippen LogP contribution in [0.1, 0.15) is 20.3 Å². The first-order chi connectivity index (χ1) is 6.52. The normalized spacial score (nSPS) is 23.2. The molecule has 1 aliphatic heterocycles. The molecule has 5 heteroatoms. The molecule has 84 valence electrons. The maximum atomic E-state index is 11.4. The van der Waals surface area contributed by atoms with E-state index in [0.29, 0.717) is 6.61 Å². The molecule has 1 unspecified atom stereocenters. The minimum atomic E-state index is -2.94. The number of sulfone groups is 1. The first-order valence-corrected chi connectivity index (χ1v) is 6.78. The summed E-state index contributed by atoms with van der Waals surface area (Å²) in [5.41, 5.74) is 0. The zero-order valence-electron chi connectivity index (χ0n) is 8.82. The van der Waals surface area contributed by atoms with Gasteiger partial charge in [-0.15, -0.1) is 0 Å². The second-order valence-electron chi connectivity index (χ2n) is 3.90. The van der Waals surface area contributed by atoms with E-state index in [1.165, 1.54) is 0 Å². The van der Waals surface area contributed by atoms with Crippen LogP contribution in [-0.4, -0.2) is 45.2 Å². The van der Waals surface area contributed by atoms with Crippen LogP contribution in [0, 0.1) is 0 Å². The molecule has 0 saturated carbocycles. The van der Waals surface area contributed by atoms with Gasteiger partial charge in [-0.25, -0.2) is 8.42 Å². The smallest absolute Gasteiger partial charge is 0.154 e. The molecule has 4 nitrogen and oxygen atoms in total. The molecule has 1 rings (SSSR count). The highest BCUT2D eigenvalue weighted by Gasteiger charge is 2.18. The molecule has 1 aliphatic rings. The van der Waals surface area contributed by atoms with Crippen LogP contribution in [0.25, 0.3) is 0 Å². The second-order valence-corrected chi connectivity index (χ2v) is 6.58. The van der Waals surface area contributed by atoms with E-state index in [-0.39, 0.29) is 17.1 Å². The first kappa shape index (κ1) is 11.9. The topological polar surface area (TPSA) is 55.4 Å². The van der Waals surface area contributed by atoms with Crippen molar-refractivity contribution in [2.45, 2.75) is 31.6 Å². The van der Waals surface area contributed by atoms with Gasteiger partial charge in [0.05, 0.1) is 23.7 Å². The Kier molecular flexibility index (Phi) is 4.34. The Bertz CT molecular complexity index is 255. The van der Waals surface area contributed by atoms with Crippen molar-refractivity contribution >= 4 is 9.84 Å². The Morgan fingerprint density at radius 2 is 2.21 bits per heavy atom. The Morgan fingerprint density at radius 3 is 2.71 bits per heavy atom. The summed E-state index contributed by atoms with van der Waals surface area (Å²) in [6, 6.07) is 0. The molecular weight excluding hydrogens is 202 g/mol. The zero-order valence-corrected chi connectivity index (χ0v) is 9.64. The monoisotopic (exact) mass is 221 g/mol. The maximum Gasteiger partial charge on any atom is 0.154 e. The Labute approximate surface area is 85.9 Å². The highest BCUT2D eigenvalue weighted by Crippen LogP contribution is 2.05. The van der Waals surface area contributed by atoms with E-state index < -0.39 is 9.84 Å². The first-order valence-electron chi connectivity index (χ1n) is 5.06. The molecule has 0 aliphatic carbocycles. The molecule has 0 amide bonds. The minimum absolute atomic E-state index is 0.140. The third-order valence-corrected chi connectivity index (χ3v) is 4.63. The number of nitrogens with one attached hydrogen (secondary N) is 1. The van der Waals surface area contributed by atoms with Crippen LogP contribution < -0.4 is 5.32 Å². The lowest BCUT2D eigenvalue weighted by Gasteiger charge is -2.11. The van der Waals surface area contributed by atoms with Crippen LogP contribution in [0.15, 0.2) is 0 Å². The molecule has 1 saturated heterocycles. The maximum absolute atomic E-state index is 11.4. The average molecular weight is 221 g/mol. The van der Waals surface area contributed by atoms with E-state index >= 15 is 0 Å².